The number of aromatic nitrogens is 2. The molecule has 0 atom stereocenters. The van der Waals surface area contributed by atoms with Crippen LogP contribution in [-0.2, 0) is 4.84 Å². The molecule has 0 unspecified atom stereocenters. The molecule has 0 radical (unpaired) electrons. The average Bonchev–Trinajstić information content (AvgIpc) is 2.76. The lowest BCUT2D eigenvalue weighted by atomic mass is 10.0. The predicted molar refractivity (Wildman–Crippen MR) is 69.7 cm³/mol. The number of hydrogen-bond donors (Lipinski definition) is 1. The quantitative estimate of drug-likeness (QED) is 0.857. The van der Waals surface area contributed by atoms with Crippen molar-refractivity contribution in [3.63, 3.8) is 0 Å². The Bertz CT molecular complexity index is 604. The first-order chi connectivity index (χ1) is 9.04. The van der Waals surface area contributed by atoms with Gasteiger partial charge in [-0.15, -0.1) is 0 Å². The largest absolute Gasteiger partial charge is 0.336 e. The van der Waals surface area contributed by atoms with E-state index in [1.54, 1.807) is 19.9 Å². The molecule has 6 nitrogen and oxygen atoms in total. The lowest BCUT2D eigenvalue weighted by Crippen LogP contribution is -2.24. The molecule has 2 heterocycles. The summed E-state index contributed by atoms with van der Waals surface area (Å²) in [4.78, 5) is 21.4. The highest BCUT2D eigenvalue weighted by Gasteiger charge is 2.19. The first kappa shape index (κ1) is 13.5. The first-order valence-corrected chi connectivity index (χ1v) is 6.23. The summed E-state index contributed by atoms with van der Waals surface area (Å²) < 4.78 is 5.15. The van der Waals surface area contributed by atoms with Crippen LogP contribution in [0.2, 0.25) is 0 Å². The monoisotopic (exact) mass is 263 g/mol. The van der Waals surface area contributed by atoms with E-state index in [-0.39, 0.29) is 11.8 Å². The summed E-state index contributed by atoms with van der Waals surface area (Å²) in [6, 6.07) is 1.76. The van der Waals surface area contributed by atoms with Crippen molar-refractivity contribution in [2.24, 2.45) is 0 Å². The van der Waals surface area contributed by atoms with Crippen LogP contribution in [0.1, 0.15) is 48.4 Å². The number of carbonyl (C=O) groups excluding carboxylic acids is 1. The Morgan fingerprint density at radius 1 is 1.53 bits per heavy atom. The Morgan fingerprint density at radius 2 is 2.26 bits per heavy atom. The number of hydroxylamine groups is 1. The van der Waals surface area contributed by atoms with Gasteiger partial charge in [0.2, 0.25) is 0 Å². The van der Waals surface area contributed by atoms with Crippen LogP contribution in [0.25, 0.3) is 11.1 Å². The molecule has 1 N–H and O–H groups in total. The van der Waals surface area contributed by atoms with Crippen molar-refractivity contribution in [1.29, 1.82) is 0 Å². The van der Waals surface area contributed by atoms with Gasteiger partial charge in [0, 0.05) is 5.69 Å². The fourth-order valence-electron chi connectivity index (χ4n) is 1.78. The Kier molecular flexibility index (Phi) is 3.80. The number of nitrogens with one attached hydrogen (secondary N) is 1. The zero-order valence-corrected chi connectivity index (χ0v) is 11.5. The maximum absolute atomic E-state index is 12.1. The zero-order valence-electron chi connectivity index (χ0n) is 11.5. The van der Waals surface area contributed by atoms with Crippen LogP contribution in [0.3, 0.4) is 0 Å². The summed E-state index contributed by atoms with van der Waals surface area (Å²) in [5, 5.41) is 4.49. The zero-order chi connectivity index (χ0) is 14.0. The molecule has 6 heteroatoms. The number of pyridine rings is 1. The highest BCUT2D eigenvalue weighted by Crippen LogP contribution is 2.24. The number of hydrogen-bond acceptors (Lipinski definition) is 5. The molecule has 2 rings (SSSR count). The van der Waals surface area contributed by atoms with Gasteiger partial charge in [0.1, 0.15) is 0 Å². The van der Waals surface area contributed by atoms with Crippen molar-refractivity contribution in [3.05, 3.63) is 23.0 Å². The van der Waals surface area contributed by atoms with E-state index >= 15 is 0 Å². The molecule has 102 valence electrons. The maximum atomic E-state index is 12.1. The van der Waals surface area contributed by atoms with E-state index in [9.17, 15) is 4.79 Å². The minimum atomic E-state index is -0.317. The van der Waals surface area contributed by atoms with Gasteiger partial charge in [-0.2, -0.15) is 0 Å². The van der Waals surface area contributed by atoms with Gasteiger partial charge in [-0.3, -0.25) is 9.63 Å². The fourth-order valence-corrected chi connectivity index (χ4v) is 1.78. The molecule has 19 heavy (non-hydrogen) atoms. The van der Waals surface area contributed by atoms with E-state index in [2.05, 4.69) is 15.6 Å². The van der Waals surface area contributed by atoms with Crippen molar-refractivity contribution in [1.82, 2.24) is 15.6 Å². The highest BCUT2D eigenvalue weighted by molar-refractivity contribution is 6.05. The SMILES string of the molecule is CCONC(=O)c1cc(C(C)C)nc2onc(C)c12. The van der Waals surface area contributed by atoms with Gasteiger partial charge in [-0.25, -0.2) is 10.5 Å². The van der Waals surface area contributed by atoms with Gasteiger partial charge in [-0.05, 0) is 25.8 Å². The van der Waals surface area contributed by atoms with Crippen LogP contribution in [0.15, 0.2) is 10.6 Å². The number of aryl methyl sites for hydroxylation is 1. The number of fused-ring (bicyclic) bond motifs is 1. The minimum Gasteiger partial charge on any atom is -0.336 e. The summed E-state index contributed by atoms with van der Waals surface area (Å²) in [5.41, 5.74) is 4.66. The van der Waals surface area contributed by atoms with E-state index in [1.807, 2.05) is 13.8 Å². The Balaban J connectivity index is 2.55. The fraction of sp³-hybridized carbons (Fsp3) is 0.462. The molecule has 0 fully saturated rings. The van der Waals surface area contributed by atoms with E-state index in [4.69, 9.17) is 9.36 Å². The Labute approximate surface area is 111 Å². The third-order valence-electron chi connectivity index (χ3n) is 2.78. The number of nitrogens with zero attached hydrogens (tertiary/aromatic N) is 2. The lowest BCUT2D eigenvalue weighted by molar-refractivity contribution is 0.0366. The number of rotatable bonds is 4. The molecule has 2 aromatic heterocycles. The summed E-state index contributed by atoms with van der Waals surface area (Å²) in [5.74, 6) is -0.129. The van der Waals surface area contributed by atoms with E-state index in [0.29, 0.717) is 29.0 Å². The minimum absolute atomic E-state index is 0.188. The molecular weight excluding hydrogens is 246 g/mol. The molecule has 0 aliphatic carbocycles. The average molecular weight is 263 g/mol. The van der Waals surface area contributed by atoms with Gasteiger partial charge >= 0.3 is 0 Å². The van der Waals surface area contributed by atoms with Crippen molar-refractivity contribution >= 4 is 17.0 Å². The number of amides is 1. The van der Waals surface area contributed by atoms with Crippen LogP contribution < -0.4 is 5.48 Å². The van der Waals surface area contributed by atoms with Gasteiger partial charge in [-0.1, -0.05) is 19.0 Å². The third kappa shape index (κ3) is 2.58. The van der Waals surface area contributed by atoms with E-state index < -0.39 is 0 Å². The van der Waals surface area contributed by atoms with Crippen LogP contribution in [0.4, 0.5) is 0 Å². The summed E-state index contributed by atoms with van der Waals surface area (Å²) in [7, 11) is 0. The van der Waals surface area contributed by atoms with Gasteiger partial charge in [0.25, 0.3) is 11.6 Å². The van der Waals surface area contributed by atoms with Gasteiger partial charge < -0.3 is 4.52 Å². The Hall–Kier alpha value is -1.95. The molecule has 0 aliphatic rings. The second-order valence-corrected chi connectivity index (χ2v) is 4.56. The van der Waals surface area contributed by atoms with Gasteiger partial charge in [0.15, 0.2) is 0 Å². The molecule has 0 bridgehead atoms. The van der Waals surface area contributed by atoms with Crippen molar-refractivity contribution < 1.29 is 14.2 Å². The molecule has 1 amide bonds. The second-order valence-electron chi connectivity index (χ2n) is 4.56. The second kappa shape index (κ2) is 5.36. The predicted octanol–water partition coefficient (Wildman–Crippen LogP) is 2.34. The molecule has 0 saturated heterocycles. The van der Waals surface area contributed by atoms with Crippen molar-refractivity contribution in [2.45, 2.75) is 33.6 Å². The highest BCUT2D eigenvalue weighted by atomic mass is 16.6. The number of carbonyl (C=O) groups is 1. The van der Waals surface area contributed by atoms with Crippen LogP contribution >= 0.6 is 0 Å². The smallest absolute Gasteiger partial charge is 0.275 e. The van der Waals surface area contributed by atoms with Crippen LogP contribution in [0, 0.1) is 6.92 Å². The van der Waals surface area contributed by atoms with E-state index in [1.165, 1.54) is 0 Å². The lowest BCUT2D eigenvalue weighted by Gasteiger charge is -2.08. The van der Waals surface area contributed by atoms with E-state index in [0.717, 1.165) is 5.69 Å². The topological polar surface area (TPSA) is 77.2 Å². The standard InChI is InChI=1S/C13H17N3O3/c1-5-18-16-12(17)9-6-10(7(2)3)14-13-11(9)8(4)15-19-13/h6-7H,5H2,1-4H3,(H,16,17). The van der Waals surface area contributed by atoms with Crippen LogP contribution in [-0.4, -0.2) is 22.7 Å². The normalized spacial score (nSPS) is 11.2. The summed E-state index contributed by atoms with van der Waals surface area (Å²) in [6.07, 6.45) is 0. The van der Waals surface area contributed by atoms with Gasteiger partial charge in [0.05, 0.1) is 23.3 Å². The summed E-state index contributed by atoms with van der Waals surface area (Å²) in [6.45, 7) is 7.98. The van der Waals surface area contributed by atoms with Crippen molar-refractivity contribution in [2.75, 3.05) is 6.61 Å². The molecule has 0 aromatic carbocycles. The Morgan fingerprint density at radius 3 is 2.89 bits per heavy atom. The first-order valence-electron chi connectivity index (χ1n) is 6.23. The maximum Gasteiger partial charge on any atom is 0.275 e. The third-order valence-corrected chi connectivity index (χ3v) is 2.78. The van der Waals surface area contributed by atoms with Crippen LogP contribution in [0.5, 0.6) is 0 Å². The van der Waals surface area contributed by atoms with Crippen molar-refractivity contribution in [3.8, 4) is 0 Å². The summed E-state index contributed by atoms with van der Waals surface area (Å²) >= 11 is 0. The molecule has 0 aliphatic heterocycles. The molecule has 0 spiro atoms. The molecule has 2 aromatic rings. The molecule has 0 saturated carbocycles. The molecular formula is C13H17N3O3.